The van der Waals surface area contributed by atoms with Gasteiger partial charge in [-0.2, -0.15) is 0 Å². The number of sulfonamides is 1. The molecule has 1 amide bonds. The Hall–Kier alpha value is -1.86. The third-order valence-corrected chi connectivity index (χ3v) is 6.57. The van der Waals surface area contributed by atoms with E-state index in [1.165, 1.54) is 16.9 Å². The summed E-state index contributed by atoms with van der Waals surface area (Å²) in [5, 5.41) is 1.90. The summed E-state index contributed by atoms with van der Waals surface area (Å²) >= 11 is 1.44. The fraction of sp³-hybridized carbons (Fsp3) is 0.389. The van der Waals surface area contributed by atoms with Crippen molar-refractivity contribution in [2.75, 3.05) is 17.0 Å². The molecule has 0 spiro atoms. The zero-order valence-electron chi connectivity index (χ0n) is 14.4. The Bertz CT molecular complexity index is 858. The Balaban J connectivity index is 1.76. The molecule has 7 heteroatoms. The first-order valence-corrected chi connectivity index (χ1v) is 10.8. The van der Waals surface area contributed by atoms with Gasteiger partial charge >= 0.3 is 0 Å². The van der Waals surface area contributed by atoms with Crippen LogP contribution in [0, 0.1) is 5.92 Å². The van der Waals surface area contributed by atoms with Gasteiger partial charge < -0.3 is 4.90 Å². The predicted octanol–water partition coefficient (Wildman–Crippen LogP) is 3.34. The summed E-state index contributed by atoms with van der Waals surface area (Å²) in [5.41, 5.74) is 2.73. The van der Waals surface area contributed by atoms with E-state index in [0.29, 0.717) is 18.8 Å². The fourth-order valence-electron chi connectivity index (χ4n) is 3.01. The maximum absolute atomic E-state index is 12.5. The summed E-state index contributed by atoms with van der Waals surface area (Å²) in [6.45, 7) is 4.94. The van der Waals surface area contributed by atoms with Crippen molar-refractivity contribution in [1.82, 2.24) is 4.90 Å². The molecule has 0 bridgehead atoms. The standard InChI is InChI=1S/C18H22N2O3S2/c1-13(2)12-25(22,23)19-16-6-5-14-7-8-20(11-15(14)10-16)18(21)17-4-3-9-24-17/h3-6,9-10,13,19H,7-8,11-12H2,1-2H3. The first-order valence-electron chi connectivity index (χ1n) is 8.29. The highest BCUT2D eigenvalue weighted by Gasteiger charge is 2.23. The van der Waals surface area contributed by atoms with Gasteiger partial charge in [0.15, 0.2) is 0 Å². The highest BCUT2D eigenvalue weighted by molar-refractivity contribution is 7.92. The average molecular weight is 379 g/mol. The smallest absolute Gasteiger partial charge is 0.264 e. The molecular formula is C18H22N2O3S2. The lowest BCUT2D eigenvalue weighted by atomic mass is 9.99. The number of carbonyl (C=O) groups excluding carboxylic acids is 1. The zero-order valence-corrected chi connectivity index (χ0v) is 16.0. The molecule has 0 aliphatic carbocycles. The van der Waals surface area contributed by atoms with E-state index in [4.69, 9.17) is 0 Å². The molecule has 1 aromatic carbocycles. The summed E-state index contributed by atoms with van der Waals surface area (Å²) in [4.78, 5) is 15.1. The predicted molar refractivity (Wildman–Crippen MR) is 101 cm³/mol. The molecular weight excluding hydrogens is 356 g/mol. The van der Waals surface area contributed by atoms with Crippen molar-refractivity contribution in [2.24, 2.45) is 5.92 Å². The fourth-order valence-corrected chi connectivity index (χ4v) is 5.15. The Morgan fingerprint density at radius 3 is 2.76 bits per heavy atom. The molecule has 0 radical (unpaired) electrons. The molecule has 0 saturated carbocycles. The largest absolute Gasteiger partial charge is 0.333 e. The number of anilines is 1. The van der Waals surface area contributed by atoms with Crippen LogP contribution in [0.4, 0.5) is 5.69 Å². The van der Waals surface area contributed by atoms with Crippen molar-refractivity contribution in [3.05, 3.63) is 51.7 Å². The highest BCUT2D eigenvalue weighted by atomic mass is 32.2. The third kappa shape index (κ3) is 4.41. The van der Waals surface area contributed by atoms with Gasteiger partial charge in [0, 0.05) is 18.8 Å². The maximum atomic E-state index is 12.5. The van der Waals surface area contributed by atoms with Crippen LogP contribution in [-0.4, -0.2) is 31.5 Å². The average Bonchev–Trinajstić information content (AvgIpc) is 3.06. The van der Waals surface area contributed by atoms with Crippen molar-refractivity contribution >= 4 is 33.0 Å². The summed E-state index contributed by atoms with van der Waals surface area (Å²) in [5.74, 6) is 0.188. The molecule has 1 N–H and O–H groups in total. The lowest BCUT2D eigenvalue weighted by Gasteiger charge is -2.29. The normalized spacial score (nSPS) is 14.4. The summed E-state index contributed by atoms with van der Waals surface area (Å²) in [6.07, 6.45) is 0.783. The van der Waals surface area contributed by atoms with Crippen molar-refractivity contribution in [1.29, 1.82) is 0 Å². The van der Waals surface area contributed by atoms with Gasteiger partial charge in [0.1, 0.15) is 0 Å². The van der Waals surface area contributed by atoms with E-state index in [0.717, 1.165) is 16.9 Å². The van der Waals surface area contributed by atoms with Gasteiger partial charge in [-0.05, 0) is 47.0 Å². The molecule has 0 saturated heterocycles. The van der Waals surface area contributed by atoms with Crippen LogP contribution in [0.1, 0.15) is 34.6 Å². The van der Waals surface area contributed by atoms with Crippen LogP contribution in [0.15, 0.2) is 35.7 Å². The van der Waals surface area contributed by atoms with Gasteiger partial charge in [-0.15, -0.1) is 11.3 Å². The van der Waals surface area contributed by atoms with Crippen molar-refractivity contribution in [3.8, 4) is 0 Å². The quantitative estimate of drug-likeness (QED) is 0.868. The number of hydrogen-bond donors (Lipinski definition) is 1. The van der Waals surface area contributed by atoms with Gasteiger partial charge in [-0.25, -0.2) is 8.42 Å². The Labute approximate surface area is 152 Å². The van der Waals surface area contributed by atoms with Gasteiger partial charge in [-0.3, -0.25) is 9.52 Å². The monoisotopic (exact) mass is 378 g/mol. The Morgan fingerprint density at radius 2 is 2.08 bits per heavy atom. The number of rotatable bonds is 5. The molecule has 25 heavy (non-hydrogen) atoms. The van der Waals surface area contributed by atoms with E-state index >= 15 is 0 Å². The van der Waals surface area contributed by atoms with Crippen LogP contribution in [-0.2, 0) is 23.0 Å². The summed E-state index contributed by atoms with van der Waals surface area (Å²) < 4.78 is 26.9. The van der Waals surface area contributed by atoms with Crippen molar-refractivity contribution < 1.29 is 13.2 Å². The second-order valence-electron chi connectivity index (χ2n) is 6.71. The highest BCUT2D eigenvalue weighted by Crippen LogP contribution is 2.25. The van der Waals surface area contributed by atoms with Crippen LogP contribution in [0.25, 0.3) is 0 Å². The SMILES string of the molecule is CC(C)CS(=O)(=O)Nc1ccc2c(c1)CN(C(=O)c1cccs1)CC2. The van der Waals surface area contributed by atoms with Crippen LogP contribution < -0.4 is 4.72 Å². The second-order valence-corrected chi connectivity index (χ2v) is 9.43. The second kappa shape index (κ2) is 7.17. The van der Waals surface area contributed by atoms with E-state index < -0.39 is 10.0 Å². The number of amides is 1. The molecule has 1 aliphatic rings. The van der Waals surface area contributed by atoms with Crippen LogP contribution >= 0.6 is 11.3 Å². The van der Waals surface area contributed by atoms with E-state index in [-0.39, 0.29) is 17.6 Å². The zero-order chi connectivity index (χ0) is 18.0. The third-order valence-electron chi connectivity index (χ3n) is 4.06. The molecule has 2 aromatic rings. The number of nitrogens with zero attached hydrogens (tertiary/aromatic N) is 1. The minimum Gasteiger partial charge on any atom is -0.333 e. The molecule has 1 aliphatic heterocycles. The van der Waals surface area contributed by atoms with E-state index in [1.54, 1.807) is 6.07 Å². The minimum absolute atomic E-state index is 0.0337. The van der Waals surface area contributed by atoms with Crippen molar-refractivity contribution in [2.45, 2.75) is 26.8 Å². The molecule has 3 rings (SSSR count). The molecule has 1 aromatic heterocycles. The number of benzene rings is 1. The number of hydrogen-bond acceptors (Lipinski definition) is 4. The van der Waals surface area contributed by atoms with Gasteiger partial charge in [0.2, 0.25) is 10.0 Å². The Morgan fingerprint density at radius 1 is 1.28 bits per heavy atom. The topological polar surface area (TPSA) is 66.5 Å². The van der Waals surface area contributed by atoms with Gasteiger partial charge in [-0.1, -0.05) is 26.0 Å². The summed E-state index contributed by atoms with van der Waals surface area (Å²) in [6, 6.07) is 9.31. The van der Waals surface area contributed by atoms with Crippen LogP contribution in [0.5, 0.6) is 0 Å². The molecule has 0 unspecified atom stereocenters. The molecule has 5 nitrogen and oxygen atoms in total. The lowest BCUT2D eigenvalue weighted by molar-refractivity contribution is 0.0739. The van der Waals surface area contributed by atoms with E-state index in [1.807, 2.05) is 48.4 Å². The molecule has 0 atom stereocenters. The Kier molecular flexibility index (Phi) is 5.15. The molecule has 2 heterocycles. The van der Waals surface area contributed by atoms with Gasteiger partial charge in [0.05, 0.1) is 10.6 Å². The van der Waals surface area contributed by atoms with E-state index in [9.17, 15) is 13.2 Å². The molecule has 0 fully saturated rings. The molecule has 134 valence electrons. The first-order chi connectivity index (χ1) is 11.8. The number of nitrogens with one attached hydrogen (secondary N) is 1. The van der Waals surface area contributed by atoms with Crippen molar-refractivity contribution in [3.63, 3.8) is 0 Å². The summed E-state index contributed by atoms with van der Waals surface area (Å²) in [7, 11) is -3.35. The first kappa shape index (κ1) is 17.9. The van der Waals surface area contributed by atoms with E-state index in [2.05, 4.69) is 4.72 Å². The lowest BCUT2D eigenvalue weighted by Crippen LogP contribution is -2.35. The minimum atomic E-state index is -3.35. The van der Waals surface area contributed by atoms with Crippen LogP contribution in [0.2, 0.25) is 0 Å². The number of thiophene rings is 1. The number of carbonyl (C=O) groups is 1. The van der Waals surface area contributed by atoms with Gasteiger partial charge in [0.25, 0.3) is 5.91 Å². The maximum Gasteiger partial charge on any atom is 0.264 e. The number of fused-ring (bicyclic) bond motifs is 1. The van der Waals surface area contributed by atoms with Crippen LogP contribution in [0.3, 0.4) is 0 Å².